The highest BCUT2D eigenvalue weighted by Crippen LogP contribution is 2.40. The third-order valence-electron chi connectivity index (χ3n) is 4.01. The monoisotopic (exact) mass is 232 g/mol. The van der Waals surface area contributed by atoms with E-state index < -0.39 is 17.8 Å². The molecule has 2 heterocycles. The van der Waals surface area contributed by atoms with Crippen LogP contribution in [0.3, 0.4) is 0 Å². The number of rotatable bonds is 2. The lowest BCUT2D eigenvalue weighted by molar-refractivity contribution is -0.129. The zero-order valence-electron chi connectivity index (χ0n) is 10.0. The van der Waals surface area contributed by atoms with Crippen LogP contribution in [0.25, 0.3) is 0 Å². The Morgan fingerprint density at radius 3 is 2.56 bits per heavy atom. The van der Waals surface area contributed by atoms with E-state index in [1.165, 1.54) is 0 Å². The van der Waals surface area contributed by atoms with Gasteiger partial charge in [-0.15, -0.1) is 0 Å². The largest absolute Gasteiger partial charge is 0.316 e. The Balaban J connectivity index is 1.98. The van der Waals surface area contributed by atoms with E-state index in [-0.39, 0.29) is 0 Å². The lowest BCUT2D eigenvalue weighted by Gasteiger charge is -2.40. The molecule has 2 aliphatic heterocycles. The number of hydrogen-bond acceptors (Lipinski definition) is 2. The van der Waals surface area contributed by atoms with E-state index in [1.807, 2.05) is 11.9 Å². The van der Waals surface area contributed by atoms with Crippen molar-refractivity contribution in [2.45, 2.75) is 31.6 Å². The Bertz CT molecular complexity index is 227. The van der Waals surface area contributed by atoms with E-state index in [0.717, 1.165) is 25.9 Å². The van der Waals surface area contributed by atoms with Crippen LogP contribution in [0.5, 0.6) is 0 Å². The summed E-state index contributed by atoms with van der Waals surface area (Å²) < 4.78 is 28.6. The maximum absolute atomic E-state index is 14.3. The van der Waals surface area contributed by atoms with Crippen LogP contribution in [0, 0.1) is 11.8 Å². The molecule has 2 nitrogen and oxygen atoms in total. The van der Waals surface area contributed by atoms with E-state index in [4.69, 9.17) is 0 Å². The van der Waals surface area contributed by atoms with Crippen LogP contribution in [-0.4, -0.2) is 44.0 Å². The molecule has 0 aromatic heterocycles. The van der Waals surface area contributed by atoms with E-state index in [2.05, 4.69) is 5.32 Å². The fraction of sp³-hybridized carbons (Fsp3) is 1.00. The fourth-order valence-corrected chi connectivity index (χ4v) is 2.99. The van der Waals surface area contributed by atoms with Crippen molar-refractivity contribution in [3.05, 3.63) is 0 Å². The van der Waals surface area contributed by atoms with Gasteiger partial charge in [-0.1, -0.05) is 0 Å². The molecular weight excluding hydrogens is 210 g/mol. The van der Waals surface area contributed by atoms with Gasteiger partial charge in [-0.25, -0.2) is 8.78 Å². The molecule has 0 amide bonds. The standard InChI is InChI=1S/C12H22F2N2/c1-16-7-3-5-11(9-16)12(13,14)10-4-2-6-15-8-10/h10-11,15H,2-9H2,1H3. The van der Waals surface area contributed by atoms with E-state index >= 15 is 0 Å². The van der Waals surface area contributed by atoms with Gasteiger partial charge in [0.2, 0.25) is 0 Å². The maximum Gasteiger partial charge on any atom is 0.256 e. The van der Waals surface area contributed by atoms with Gasteiger partial charge in [0.25, 0.3) is 5.92 Å². The molecule has 0 radical (unpaired) electrons. The van der Waals surface area contributed by atoms with Crippen molar-refractivity contribution in [2.24, 2.45) is 11.8 Å². The second-order valence-electron chi connectivity index (χ2n) is 5.32. The van der Waals surface area contributed by atoms with Crippen LogP contribution in [0.1, 0.15) is 25.7 Å². The molecule has 2 rings (SSSR count). The summed E-state index contributed by atoms with van der Waals surface area (Å²) >= 11 is 0. The third kappa shape index (κ3) is 2.54. The van der Waals surface area contributed by atoms with E-state index in [1.54, 1.807) is 0 Å². The molecule has 94 valence electrons. The first-order chi connectivity index (χ1) is 7.60. The summed E-state index contributed by atoms with van der Waals surface area (Å²) in [6.45, 7) is 2.92. The van der Waals surface area contributed by atoms with Crippen LogP contribution in [-0.2, 0) is 0 Å². The quantitative estimate of drug-likeness (QED) is 0.783. The van der Waals surface area contributed by atoms with E-state index in [9.17, 15) is 8.78 Å². The molecule has 1 N–H and O–H groups in total. The van der Waals surface area contributed by atoms with Gasteiger partial charge < -0.3 is 10.2 Å². The number of halogens is 2. The van der Waals surface area contributed by atoms with Crippen molar-refractivity contribution >= 4 is 0 Å². The van der Waals surface area contributed by atoms with Crippen molar-refractivity contribution in [3.63, 3.8) is 0 Å². The zero-order valence-corrected chi connectivity index (χ0v) is 10.0. The molecular formula is C12H22F2N2. The summed E-state index contributed by atoms with van der Waals surface area (Å²) in [5.74, 6) is -3.36. The van der Waals surface area contributed by atoms with Gasteiger partial charge in [-0.2, -0.15) is 0 Å². The molecule has 0 spiro atoms. The molecule has 0 aromatic rings. The Hall–Kier alpha value is -0.220. The molecule has 0 saturated carbocycles. The lowest BCUT2D eigenvalue weighted by Crippen LogP contribution is -2.49. The number of nitrogens with one attached hydrogen (secondary N) is 1. The predicted molar refractivity (Wildman–Crippen MR) is 60.8 cm³/mol. The molecule has 0 aromatic carbocycles. The summed E-state index contributed by atoms with van der Waals surface area (Å²) in [4.78, 5) is 2.04. The molecule has 0 aliphatic carbocycles. The highest BCUT2D eigenvalue weighted by atomic mass is 19.3. The Morgan fingerprint density at radius 1 is 1.19 bits per heavy atom. The van der Waals surface area contributed by atoms with E-state index in [0.29, 0.717) is 25.9 Å². The molecule has 2 atom stereocenters. The summed E-state index contributed by atoms with van der Waals surface area (Å²) in [7, 11) is 1.95. The van der Waals surface area contributed by atoms with Crippen molar-refractivity contribution in [3.8, 4) is 0 Å². The molecule has 2 unspecified atom stereocenters. The number of alkyl halides is 2. The highest BCUT2D eigenvalue weighted by molar-refractivity contribution is 4.90. The summed E-state index contributed by atoms with van der Waals surface area (Å²) in [5.41, 5.74) is 0. The molecule has 2 saturated heterocycles. The van der Waals surface area contributed by atoms with Gasteiger partial charge in [-0.05, 0) is 45.8 Å². The van der Waals surface area contributed by atoms with Crippen LogP contribution in [0.15, 0.2) is 0 Å². The minimum absolute atomic E-state index is 0.434. The highest BCUT2D eigenvalue weighted by Gasteiger charge is 2.47. The predicted octanol–water partition coefficient (Wildman–Crippen LogP) is 1.96. The van der Waals surface area contributed by atoms with Gasteiger partial charge in [0.1, 0.15) is 0 Å². The van der Waals surface area contributed by atoms with Crippen molar-refractivity contribution < 1.29 is 8.78 Å². The number of nitrogens with zero attached hydrogens (tertiary/aromatic N) is 1. The second kappa shape index (κ2) is 4.96. The van der Waals surface area contributed by atoms with Crippen molar-refractivity contribution in [2.75, 3.05) is 33.2 Å². The summed E-state index contributed by atoms with van der Waals surface area (Å²) in [6.07, 6.45) is 3.17. The first-order valence-corrected chi connectivity index (χ1v) is 6.38. The normalized spacial score (nSPS) is 33.9. The van der Waals surface area contributed by atoms with Crippen LogP contribution >= 0.6 is 0 Å². The van der Waals surface area contributed by atoms with Crippen LogP contribution in [0.4, 0.5) is 8.78 Å². The van der Waals surface area contributed by atoms with Crippen molar-refractivity contribution in [1.29, 1.82) is 0 Å². The fourth-order valence-electron chi connectivity index (χ4n) is 2.99. The maximum atomic E-state index is 14.3. The number of piperidine rings is 2. The SMILES string of the molecule is CN1CCCC(C(F)(F)C2CCCNC2)C1. The number of hydrogen-bond donors (Lipinski definition) is 1. The minimum atomic E-state index is -2.48. The average Bonchev–Trinajstić information content (AvgIpc) is 2.30. The van der Waals surface area contributed by atoms with Crippen LogP contribution in [0.2, 0.25) is 0 Å². The second-order valence-corrected chi connectivity index (χ2v) is 5.32. The Labute approximate surface area is 96.4 Å². The first kappa shape index (κ1) is 12.2. The Kier molecular flexibility index (Phi) is 3.80. The van der Waals surface area contributed by atoms with Gasteiger partial charge in [0.15, 0.2) is 0 Å². The number of likely N-dealkylation sites (tertiary alicyclic amines) is 1. The van der Waals surface area contributed by atoms with Gasteiger partial charge in [-0.3, -0.25) is 0 Å². The third-order valence-corrected chi connectivity index (χ3v) is 4.01. The first-order valence-electron chi connectivity index (χ1n) is 6.38. The smallest absolute Gasteiger partial charge is 0.256 e. The topological polar surface area (TPSA) is 15.3 Å². The Morgan fingerprint density at radius 2 is 1.94 bits per heavy atom. The van der Waals surface area contributed by atoms with Crippen molar-refractivity contribution in [1.82, 2.24) is 10.2 Å². The zero-order chi connectivity index (χ0) is 11.6. The van der Waals surface area contributed by atoms with Gasteiger partial charge in [0, 0.05) is 24.9 Å². The molecule has 2 aliphatic rings. The average molecular weight is 232 g/mol. The molecule has 4 heteroatoms. The van der Waals surface area contributed by atoms with Gasteiger partial charge in [0.05, 0.1) is 0 Å². The van der Waals surface area contributed by atoms with Gasteiger partial charge >= 0.3 is 0 Å². The summed E-state index contributed by atoms with van der Waals surface area (Å²) in [6, 6.07) is 0. The molecule has 0 bridgehead atoms. The van der Waals surface area contributed by atoms with Crippen LogP contribution < -0.4 is 5.32 Å². The minimum Gasteiger partial charge on any atom is -0.316 e. The molecule has 16 heavy (non-hydrogen) atoms. The lowest BCUT2D eigenvalue weighted by atomic mass is 9.81. The molecule has 2 fully saturated rings. The summed E-state index contributed by atoms with van der Waals surface area (Å²) in [5, 5.41) is 3.10.